The van der Waals surface area contributed by atoms with E-state index in [4.69, 9.17) is 0 Å². The Bertz CT molecular complexity index is 915. The number of fused-ring (bicyclic) bond motifs is 1. The van der Waals surface area contributed by atoms with Crippen molar-refractivity contribution in [2.45, 2.75) is 19.9 Å². The maximum Gasteiger partial charge on any atom is 0.261 e. The van der Waals surface area contributed by atoms with Crippen molar-refractivity contribution in [2.24, 2.45) is 0 Å². The number of anilines is 1. The van der Waals surface area contributed by atoms with E-state index in [2.05, 4.69) is 10.3 Å². The van der Waals surface area contributed by atoms with Crippen LogP contribution in [-0.4, -0.2) is 15.5 Å². The summed E-state index contributed by atoms with van der Waals surface area (Å²) < 4.78 is 1.47. The van der Waals surface area contributed by atoms with Gasteiger partial charge in [0.1, 0.15) is 0 Å². The highest BCUT2D eigenvalue weighted by Crippen LogP contribution is 2.13. The van der Waals surface area contributed by atoms with Gasteiger partial charge in [0.15, 0.2) is 0 Å². The van der Waals surface area contributed by atoms with Crippen LogP contribution in [0.3, 0.4) is 0 Å². The van der Waals surface area contributed by atoms with E-state index in [9.17, 15) is 9.59 Å². The Labute approximate surface area is 133 Å². The molecule has 0 atom stereocenters. The second-order valence-electron chi connectivity index (χ2n) is 5.37. The van der Waals surface area contributed by atoms with Gasteiger partial charge in [-0.15, -0.1) is 0 Å². The van der Waals surface area contributed by atoms with Crippen molar-refractivity contribution in [2.75, 3.05) is 5.32 Å². The quantitative estimate of drug-likeness (QED) is 0.806. The Morgan fingerprint density at radius 3 is 2.70 bits per heavy atom. The summed E-state index contributed by atoms with van der Waals surface area (Å²) in [7, 11) is 0. The van der Waals surface area contributed by atoms with Gasteiger partial charge in [-0.25, -0.2) is 4.98 Å². The lowest BCUT2D eigenvalue weighted by atomic mass is 10.2. The number of carbonyl (C=O) groups is 1. The zero-order chi connectivity index (χ0) is 16.2. The van der Waals surface area contributed by atoms with Crippen molar-refractivity contribution < 1.29 is 4.79 Å². The van der Waals surface area contributed by atoms with Crippen LogP contribution in [0.15, 0.2) is 59.7 Å². The van der Waals surface area contributed by atoms with Crippen LogP contribution in [0, 0.1) is 6.92 Å². The molecule has 0 bridgehead atoms. The third-order valence-corrected chi connectivity index (χ3v) is 3.73. The number of benzene rings is 2. The Morgan fingerprint density at radius 1 is 1.13 bits per heavy atom. The van der Waals surface area contributed by atoms with Crippen molar-refractivity contribution in [3.63, 3.8) is 0 Å². The maximum atomic E-state index is 12.3. The summed E-state index contributed by atoms with van der Waals surface area (Å²) in [4.78, 5) is 28.7. The molecule has 23 heavy (non-hydrogen) atoms. The molecular weight excluding hydrogens is 290 g/mol. The van der Waals surface area contributed by atoms with E-state index in [1.54, 1.807) is 18.2 Å². The minimum absolute atomic E-state index is 0.126. The van der Waals surface area contributed by atoms with E-state index in [-0.39, 0.29) is 17.9 Å². The molecule has 2 aromatic carbocycles. The number of carbonyl (C=O) groups excluding carboxylic acids is 1. The lowest BCUT2D eigenvalue weighted by Gasteiger charge is -2.09. The molecule has 1 aromatic heterocycles. The Morgan fingerprint density at radius 2 is 1.87 bits per heavy atom. The summed E-state index contributed by atoms with van der Waals surface area (Å²) in [5.74, 6) is -0.126. The fourth-order valence-corrected chi connectivity index (χ4v) is 2.41. The van der Waals surface area contributed by atoms with E-state index in [0.717, 1.165) is 11.3 Å². The molecule has 3 aromatic rings. The smallest absolute Gasteiger partial charge is 0.261 e. The third-order valence-electron chi connectivity index (χ3n) is 3.73. The number of para-hydroxylation sites is 2. The molecule has 0 saturated carbocycles. The molecule has 116 valence electrons. The first kappa shape index (κ1) is 15.0. The van der Waals surface area contributed by atoms with Crippen molar-refractivity contribution in [1.82, 2.24) is 9.55 Å². The average molecular weight is 307 g/mol. The zero-order valence-electron chi connectivity index (χ0n) is 12.8. The summed E-state index contributed by atoms with van der Waals surface area (Å²) in [5, 5.41) is 3.43. The molecule has 1 amide bonds. The fourth-order valence-electron chi connectivity index (χ4n) is 2.41. The van der Waals surface area contributed by atoms with Crippen LogP contribution in [0.2, 0.25) is 0 Å². The maximum absolute atomic E-state index is 12.3. The van der Waals surface area contributed by atoms with Crippen molar-refractivity contribution in [1.29, 1.82) is 0 Å². The summed E-state index contributed by atoms with van der Waals surface area (Å²) in [5.41, 5.74) is 2.34. The second-order valence-corrected chi connectivity index (χ2v) is 5.37. The van der Waals surface area contributed by atoms with E-state index in [0.29, 0.717) is 17.4 Å². The molecule has 0 aliphatic rings. The molecule has 0 radical (unpaired) electrons. The Balaban J connectivity index is 1.71. The van der Waals surface area contributed by atoms with Crippen molar-refractivity contribution in [3.8, 4) is 0 Å². The first-order chi connectivity index (χ1) is 11.1. The minimum Gasteiger partial charge on any atom is -0.326 e. The molecule has 0 aliphatic carbocycles. The molecule has 3 rings (SSSR count). The highest BCUT2D eigenvalue weighted by Gasteiger charge is 2.07. The van der Waals surface area contributed by atoms with Gasteiger partial charge in [-0.05, 0) is 30.7 Å². The van der Waals surface area contributed by atoms with Gasteiger partial charge in [-0.2, -0.15) is 0 Å². The number of hydrogen-bond acceptors (Lipinski definition) is 3. The molecule has 5 heteroatoms. The van der Waals surface area contributed by atoms with Crippen LogP contribution < -0.4 is 10.9 Å². The molecule has 0 unspecified atom stereocenters. The number of hydrogen-bond donors (Lipinski definition) is 1. The lowest BCUT2D eigenvalue weighted by molar-refractivity contribution is -0.116. The van der Waals surface area contributed by atoms with Crippen LogP contribution in [0.5, 0.6) is 0 Å². The van der Waals surface area contributed by atoms with Crippen LogP contribution in [0.4, 0.5) is 5.69 Å². The normalized spacial score (nSPS) is 10.7. The van der Waals surface area contributed by atoms with Gasteiger partial charge in [0.05, 0.1) is 17.2 Å². The fraction of sp³-hybridized carbons (Fsp3) is 0.167. The minimum atomic E-state index is -0.126. The zero-order valence-corrected chi connectivity index (χ0v) is 12.8. The van der Waals surface area contributed by atoms with E-state index >= 15 is 0 Å². The van der Waals surface area contributed by atoms with Crippen molar-refractivity contribution >= 4 is 22.5 Å². The summed E-state index contributed by atoms with van der Waals surface area (Å²) >= 11 is 0. The number of aromatic nitrogens is 2. The molecule has 0 fully saturated rings. The first-order valence-electron chi connectivity index (χ1n) is 7.45. The van der Waals surface area contributed by atoms with Gasteiger partial charge in [-0.1, -0.05) is 30.3 Å². The van der Waals surface area contributed by atoms with Crippen LogP contribution in [0.25, 0.3) is 10.9 Å². The third kappa shape index (κ3) is 3.29. The predicted molar refractivity (Wildman–Crippen MR) is 90.4 cm³/mol. The second kappa shape index (κ2) is 6.44. The predicted octanol–water partition coefficient (Wildman–Crippen LogP) is 2.73. The molecule has 1 heterocycles. The summed E-state index contributed by atoms with van der Waals surface area (Å²) in [6.07, 6.45) is 1.71. The molecule has 1 N–H and O–H groups in total. The molecule has 0 aliphatic heterocycles. The van der Waals surface area contributed by atoms with E-state index < -0.39 is 0 Å². The van der Waals surface area contributed by atoms with Crippen molar-refractivity contribution in [3.05, 3.63) is 70.8 Å². The molecule has 0 spiro atoms. The van der Waals surface area contributed by atoms with Crippen LogP contribution in [-0.2, 0) is 11.3 Å². The summed E-state index contributed by atoms with van der Waals surface area (Å²) in [6, 6.07) is 14.8. The lowest BCUT2D eigenvalue weighted by Crippen LogP contribution is -2.23. The van der Waals surface area contributed by atoms with Crippen LogP contribution in [0.1, 0.15) is 12.0 Å². The first-order valence-corrected chi connectivity index (χ1v) is 7.45. The van der Waals surface area contributed by atoms with Gasteiger partial charge >= 0.3 is 0 Å². The largest absolute Gasteiger partial charge is 0.326 e. The Kier molecular flexibility index (Phi) is 4.19. The van der Waals surface area contributed by atoms with E-state index in [1.807, 2.05) is 37.3 Å². The highest BCUT2D eigenvalue weighted by atomic mass is 16.1. The average Bonchev–Trinajstić information content (AvgIpc) is 2.57. The highest BCUT2D eigenvalue weighted by molar-refractivity contribution is 5.91. The van der Waals surface area contributed by atoms with E-state index in [1.165, 1.54) is 10.9 Å². The number of amides is 1. The number of nitrogens with one attached hydrogen (secondary N) is 1. The topological polar surface area (TPSA) is 64.0 Å². The number of nitrogens with zero attached hydrogens (tertiary/aromatic N) is 2. The number of rotatable bonds is 4. The van der Waals surface area contributed by atoms with Gasteiger partial charge in [0.25, 0.3) is 5.56 Å². The summed E-state index contributed by atoms with van der Waals surface area (Å²) in [6.45, 7) is 2.24. The van der Waals surface area contributed by atoms with Gasteiger partial charge in [-0.3, -0.25) is 14.2 Å². The van der Waals surface area contributed by atoms with Gasteiger partial charge < -0.3 is 5.32 Å². The molecular formula is C18H17N3O2. The number of aryl methyl sites for hydroxylation is 2. The monoisotopic (exact) mass is 307 g/mol. The molecule has 0 saturated heterocycles. The standard InChI is InChI=1S/C18H17N3O2/c1-13-6-2-4-8-15(13)20-17(22)10-11-21-12-19-16-9-5-3-7-14(16)18(21)23/h2-9,12H,10-11H2,1H3,(H,20,22). The van der Waals surface area contributed by atoms with Crippen LogP contribution >= 0.6 is 0 Å². The van der Waals surface area contributed by atoms with Gasteiger partial charge in [0, 0.05) is 18.7 Å². The Hall–Kier alpha value is -2.95. The van der Waals surface area contributed by atoms with Gasteiger partial charge in [0.2, 0.25) is 5.91 Å². The SMILES string of the molecule is Cc1ccccc1NC(=O)CCn1cnc2ccccc2c1=O. The molecule has 5 nitrogen and oxygen atoms in total.